The molecule has 1 atom stereocenters. The summed E-state index contributed by atoms with van der Waals surface area (Å²) >= 11 is 0. The van der Waals surface area contributed by atoms with Crippen LogP contribution in [0.5, 0.6) is 11.5 Å². The molecule has 2 aromatic carbocycles. The second-order valence-corrected chi connectivity index (χ2v) is 6.69. The first kappa shape index (κ1) is 18.8. The summed E-state index contributed by atoms with van der Waals surface area (Å²) in [6.45, 7) is 4.43. The van der Waals surface area contributed by atoms with Gasteiger partial charge < -0.3 is 19.3 Å². The van der Waals surface area contributed by atoms with Crippen LogP contribution in [0.1, 0.15) is 22.8 Å². The Bertz CT molecular complexity index is 848. The normalized spacial score (nSPS) is 17.0. The first-order valence-corrected chi connectivity index (χ1v) is 8.84. The van der Waals surface area contributed by atoms with E-state index in [1.54, 1.807) is 35.1 Å². The molecule has 0 aliphatic carbocycles. The van der Waals surface area contributed by atoms with Gasteiger partial charge in [0.1, 0.15) is 18.0 Å². The third-order valence-corrected chi connectivity index (χ3v) is 4.83. The Morgan fingerprint density at radius 2 is 1.78 bits per heavy atom. The van der Waals surface area contributed by atoms with Crippen molar-refractivity contribution < 1.29 is 19.1 Å². The molecule has 0 bridgehead atoms. The Morgan fingerprint density at radius 3 is 2.41 bits per heavy atom. The smallest absolute Gasteiger partial charge is 0.258 e. The van der Waals surface area contributed by atoms with E-state index in [0.29, 0.717) is 23.6 Å². The van der Waals surface area contributed by atoms with Crippen molar-refractivity contribution in [2.24, 2.45) is 0 Å². The molecule has 1 aliphatic heterocycles. The van der Waals surface area contributed by atoms with Gasteiger partial charge >= 0.3 is 0 Å². The molecule has 6 nitrogen and oxygen atoms in total. The summed E-state index contributed by atoms with van der Waals surface area (Å²) in [4.78, 5) is 29.1. The van der Waals surface area contributed by atoms with Crippen molar-refractivity contribution in [1.82, 2.24) is 4.90 Å². The summed E-state index contributed by atoms with van der Waals surface area (Å²) < 4.78 is 10.5. The van der Waals surface area contributed by atoms with Crippen LogP contribution in [0.15, 0.2) is 42.5 Å². The number of piperazine rings is 1. The Kier molecular flexibility index (Phi) is 5.35. The summed E-state index contributed by atoms with van der Waals surface area (Å²) in [5.74, 6) is 0.716. The standard InChI is InChI=1S/C21H24N2O4/c1-14-5-7-16(8-6-14)23-12-15(2)22(13-20(23)24)21(25)18-10-9-17(26-3)11-19(18)27-4/h5-11,15H,12-13H2,1-4H3/t15-/m1/s1. The van der Waals surface area contributed by atoms with Gasteiger partial charge in [-0.25, -0.2) is 0 Å². The number of carbonyl (C=O) groups is 2. The van der Waals surface area contributed by atoms with E-state index in [1.165, 1.54) is 7.11 Å². The molecular formula is C21H24N2O4. The number of amides is 2. The molecule has 0 spiro atoms. The quantitative estimate of drug-likeness (QED) is 0.833. The van der Waals surface area contributed by atoms with Crippen molar-refractivity contribution >= 4 is 17.5 Å². The maximum atomic E-state index is 13.1. The number of hydrogen-bond donors (Lipinski definition) is 0. The first-order chi connectivity index (χ1) is 12.9. The predicted molar refractivity (Wildman–Crippen MR) is 104 cm³/mol. The zero-order valence-electron chi connectivity index (χ0n) is 16.1. The van der Waals surface area contributed by atoms with Crippen molar-refractivity contribution in [3.63, 3.8) is 0 Å². The molecule has 1 heterocycles. The fourth-order valence-corrected chi connectivity index (χ4v) is 3.23. The third-order valence-electron chi connectivity index (χ3n) is 4.83. The Balaban J connectivity index is 1.82. The number of nitrogens with zero attached hydrogens (tertiary/aromatic N) is 2. The van der Waals surface area contributed by atoms with Gasteiger partial charge in [-0.1, -0.05) is 17.7 Å². The van der Waals surface area contributed by atoms with Crippen LogP contribution in [0.2, 0.25) is 0 Å². The molecule has 6 heteroatoms. The van der Waals surface area contributed by atoms with Gasteiger partial charge in [-0.3, -0.25) is 9.59 Å². The molecule has 142 valence electrons. The molecule has 1 aliphatic rings. The minimum atomic E-state index is -0.223. The van der Waals surface area contributed by atoms with Crippen LogP contribution in [0.25, 0.3) is 0 Å². The van der Waals surface area contributed by atoms with Gasteiger partial charge in [0, 0.05) is 24.3 Å². The molecular weight excluding hydrogens is 344 g/mol. The second-order valence-electron chi connectivity index (χ2n) is 6.69. The molecule has 3 rings (SSSR count). The number of rotatable bonds is 4. The molecule has 0 N–H and O–H groups in total. The molecule has 2 aromatic rings. The largest absolute Gasteiger partial charge is 0.497 e. The summed E-state index contributed by atoms with van der Waals surface area (Å²) in [5, 5.41) is 0. The average molecular weight is 368 g/mol. The Morgan fingerprint density at radius 1 is 1.07 bits per heavy atom. The number of anilines is 1. The maximum absolute atomic E-state index is 13.1. The van der Waals surface area contributed by atoms with E-state index in [0.717, 1.165) is 11.3 Å². The zero-order chi connectivity index (χ0) is 19.6. The first-order valence-electron chi connectivity index (χ1n) is 8.84. The van der Waals surface area contributed by atoms with E-state index in [-0.39, 0.29) is 24.4 Å². The number of aryl methyl sites for hydroxylation is 1. The molecule has 2 amide bonds. The molecule has 1 fully saturated rings. The lowest BCUT2D eigenvalue weighted by atomic mass is 10.1. The SMILES string of the molecule is COc1ccc(C(=O)N2CC(=O)N(c3ccc(C)cc3)C[C@H]2C)c(OC)c1. The van der Waals surface area contributed by atoms with Crippen LogP contribution in [0, 0.1) is 6.92 Å². The molecule has 27 heavy (non-hydrogen) atoms. The third kappa shape index (κ3) is 3.74. The fourth-order valence-electron chi connectivity index (χ4n) is 3.23. The highest BCUT2D eigenvalue weighted by Gasteiger charge is 2.34. The molecule has 0 aromatic heterocycles. The number of benzene rings is 2. The summed E-state index contributed by atoms with van der Waals surface area (Å²) in [5.41, 5.74) is 2.41. The highest BCUT2D eigenvalue weighted by molar-refractivity contribution is 6.03. The van der Waals surface area contributed by atoms with Crippen LogP contribution in [-0.4, -0.2) is 50.1 Å². The molecule has 0 saturated carbocycles. The van der Waals surface area contributed by atoms with Gasteiger partial charge in [0.25, 0.3) is 5.91 Å². The lowest BCUT2D eigenvalue weighted by molar-refractivity contribution is -0.121. The van der Waals surface area contributed by atoms with Gasteiger partial charge in [-0.2, -0.15) is 0 Å². The van der Waals surface area contributed by atoms with E-state index in [4.69, 9.17) is 9.47 Å². The van der Waals surface area contributed by atoms with Crippen molar-refractivity contribution in [3.05, 3.63) is 53.6 Å². The number of ether oxygens (including phenoxy) is 2. The van der Waals surface area contributed by atoms with Crippen molar-refractivity contribution in [3.8, 4) is 11.5 Å². The van der Waals surface area contributed by atoms with Crippen LogP contribution in [-0.2, 0) is 4.79 Å². The van der Waals surface area contributed by atoms with Crippen LogP contribution < -0.4 is 14.4 Å². The second kappa shape index (κ2) is 7.70. The number of carbonyl (C=O) groups excluding carboxylic acids is 2. The van der Waals surface area contributed by atoms with Crippen molar-refractivity contribution in [1.29, 1.82) is 0 Å². The minimum absolute atomic E-state index is 0.0308. The van der Waals surface area contributed by atoms with E-state index >= 15 is 0 Å². The van der Waals surface area contributed by atoms with E-state index in [1.807, 2.05) is 38.1 Å². The summed E-state index contributed by atoms with van der Waals surface area (Å²) in [7, 11) is 3.07. The molecule has 0 unspecified atom stereocenters. The monoisotopic (exact) mass is 368 g/mol. The van der Waals surface area contributed by atoms with Gasteiger partial charge in [-0.15, -0.1) is 0 Å². The van der Waals surface area contributed by atoms with Gasteiger partial charge in [0.2, 0.25) is 5.91 Å². The highest BCUT2D eigenvalue weighted by atomic mass is 16.5. The average Bonchev–Trinajstić information content (AvgIpc) is 2.69. The lowest BCUT2D eigenvalue weighted by Crippen LogP contribution is -2.57. The van der Waals surface area contributed by atoms with Gasteiger partial charge in [-0.05, 0) is 38.1 Å². The molecule has 0 radical (unpaired) electrons. The highest BCUT2D eigenvalue weighted by Crippen LogP contribution is 2.28. The van der Waals surface area contributed by atoms with Crippen LogP contribution >= 0.6 is 0 Å². The molecule has 1 saturated heterocycles. The topological polar surface area (TPSA) is 59.1 Å². The van der Waals surface area contributed by atoms with Gasteiger partial charge in [0.15, 0.2) is 0 Å². The van der Waals surface area contributed by atoms with Crippen LogP contribution in [0.4, 0.5) is 5.69 Å². The van der Waals surface area contributed by atoms with E-state index in [9.17, 15) is 9.59 Å². The maximum Gasteiger partial charge on any atom is 0.258 e. The van der Waals surface area contributed by atoms with E-state index in [2.05, 4.69) is 0 Å². The summed E-state index contributed by atoms with van der Waals surface area (Å²) in [6.07, 6.45) is 0. The fraction of sp³-hybridized carbons (Fsp3) is 0.333. The van der Waals surface area contributed by atoms with E-state index < -0.39 is 0 Å². The van der Waals surface area contributed by atoms with Gasteiger partial charge in [0.05, 0.1) is 19.8 Å². The predicted octanol–water partition coefficient (Wildman–Crippen LogP) is 2.89. The minimum Gasteiger partial charge on any atom is -0.497 e. The Labute approximate surface area is 159 Å². The summed E-state index contributed by atoms with van der Waals surface area (Å²) in [6, 6.07) is 12.8. The van der Waals surface area contributed by atoms with Crippen molar-refractivity contribution in [2.75, 3.05) is 32.2 Å². The zero-order valence-corrected chi connectivity index (χ0v) is 16.1. The van der Waals surface area contributed by atoms with Crippen LogP contribution in [0.3, 0.4) is 0 Å². The Hall–Kier alpha value is -3.02. The van der Waals surface area contributed by atoms with Crippen molar-refractivity contribution in [2.45, 2.75) is 19.9 Å². The number of hydrogen-bond acceptors (Lipinski definition) is 4. The number of methoxy groups -OCH3 is 2. The lowest BCUT2D eigenvalue weighted by Gasteiger charge is -2.39.